The van der Waals surface area contributed by atoms with Crippen LogP contribution >= 0.6 is 0 Å². The summed E-state index contributed by atoms with van der Waals surface area (Å²) in [4.78, 5) is 24.5. The van der Waals surface area contributed by atoms with Crippen molar-refractivity contribution in [1.82, 2.24) is 10.2 Å². The fourth-order valence-corrected chi connectivity index (χ4v) is 2.30. The Morgan fingerprint density at radius 1 is 1.11 bits per heavy atom. The molecule has 0 saturated carbocycles. The molecule has 0 atom stereocenters. The van der Waals surface area contributed by atoms with Crippen molar-refractivity contribution >= 4 is 17.6 Å². The minimum absolute atomic E-state index is 0.137. The third kappa shape index (κ3) is 6.30. The molecular formula is C18H18F3N3O3. The number of fused-ring (bicyclic) bond motifs is 1. The molecule has 27 heavy (non-hydrogen) atoms. The number of carbonyl (C=O) groups excluding carboxylic acids is 2. The van der Waals surface area contributed by atoms with E-state index in [1.54, 1.807) is 0 Å². The van der Waals surface area contributed by atoms with Gasteiger partial charge in [0.25, 0.3) is 0 Å². The molecule has 2 aromatic rings. The van der Waals surface area contributed by atoms with Crippen LogP contribution in [0.3, 0.4) is 0 Å². The second kappa shape index (κ2) is 9.58. The van der Waals surface area contributed by atoms with Crippen LogP contribution in [0.25, 0.3) is 0 Å². The first kappa shape index (κ1) is 20.2. The lowest BCUT2D eigenvalue weighted by Crippen LogP contribution is -2.45. The van der Waals surface area contributed by atoms with Crippen molar-refractivity contribution in [3.05, 3.63) is 65.5 Å². The maximum atomic E-state index is 13.1. The largest absolute Gasteiger partial charge is 0.395 e. The summed E-state index contributed by atoms with van der Waals surface area (Å²) in [5.41, 5.74) is 1.17. The SMILES string of the molecule is Fc1cccc(F)c1.O=C(CN1Cc2cc(F)ccc2NC1=O)NCCO. The highest BCUT2D eigenvalue weighted by atomic mass is 19.1. The number of nitrogens with zero attached hydrogens (tertiary/aromatic N) is 1. The monoisotopic (exact) mass is 381 g/mol. The third-order valence-corrected chi connectivity index (χ3v) is 3.51. The van der Waals surface area contributed by atoms with Gasteiger partial charge in [-0.2, -0.15) is 0 Å². The molecule has 6 nitrogen and oxygen atoms in total. The van der Waals surface area contributed by atoms with Gasteiger partial charge in [-0.3, -0.25) is 4.79 Å². The molecule has 0 spiro atoms. The second-order valence-corrected chi connectivity index (χ2v) is 5.60. The van der Waals surface area contributed by atoms with Crippen molar-refractivity contribution in [2.24, 2.45) is 0 Å². The van der Waals surface area contributed by atoms with Crippen molar-refractivity contribution in [2.75, 3.05) is 25.0 Å². The molecule has 0 aliphatic carbocycles. The van der Waals surface area contributed by atoms with Gasteiger partial charge < -0.3 is 20.6 Å². The van der Waals surface area contributed by atoms with Gasteiger partial charge in [-0.1, -0.05) is 6.07 Å². The van der Waals surface area contributed by atoms with E-state index in [1.165, 1.54) is 41.3 Å². The number of hydrogen-bond acceptors (Lipinski definition) is 3. The predicted molar refractivity (Wildman–Crippen MR) is 92.3 cm³/mol. The number of rotatable bonds is 4. The van der Waals surface area contributed by atoms with Gasteiger partial charge in [-0.25, -0.2) is 18.0 Å². The molecule has 0 radical (unpaired) electrons. The van der Waals surface area contributed by atoms with Gasteiger partial charge in [0.05, 0.1) is 13.2 Å². The van der Waals surface area contributed by atoms with Gasteiger partial charge in [0.15, 0.2) is 0 Å². The van der Waals surface area contributed by atoms with Crippen LogP contribution in [0.4, 0.5) is 23.7 Å². The van der Waals surface area contributed by atoms with Crippen LogP contribution in [0.1, 0.15) is 5.56 Å². The van der Waals surface area contributed by atoms with Crippen molar-refractivity contribution in [1.29, 1.82) is 0 Å². The molecule has 0 aromatic heterocycles. The summed E-state index contributed by atoms with van der Waals surface area (Å²) < 4.78 is 37.0. The lowest BCUT2D eigenvalue weighted by atomic mass is 10.1. The van der Waals surface area contributed by atoms with Crippen LogP contribution in [-0.2, 0) is 11.3 Å². The van der Waals surface area contributed by atoms with E-state index in [2.05, 4.69) is 10.6 Å². The normalized spacial score (nSPS) is 12.4. The molecule has 0 saturated heterocycles. The van der Waals surface area contributed by atoms with Crippen LogP contribution in [0.5, 0.6) is 0 Å². The van der Waals surface area contributed by atoms with Gasteiger partial charge in [0.2, 0.25) is 5.91 Å². The lowest BCUT2D eigenvalue weighted by molar-refractivity contribution is -0.121. The van der Waals surface area contributed by atoms with Crippen LogP contribution in [-0.4, -0.2) is 41.6 Å². The number of benzene rings is 2. The average molecular weight is 381 g/mol. The summed E-state index contributed by atoms with van der Waals surface area (Å²) in [6.45, 7) is 0.0126. The van der Waals surface area contributed by atoms with Gasteiger partial charge in [-0.15, -0.1) is 0 Å². The molecule has 3 amide bonds. The van der Waals surface area contributed by atoms with Crippen LogP contribution in [0, 0.1) is 17.5 Å². The highest BCUT2D eigenvalue weighted by Crippen LogP contribution is 2.23. The highest BCUT2D eigenvalue weighted by molar-refractivity contribution is 5.94. The lowest BCUT2D eigenvalue weighted by Gasteiger charge is -2.28. The van der Waals surface area contributed by atoms with Gasteiger partial charge in [0.1, 0.15) is 24.0 Å². The topological polar surface area (TPSA) is 81.7 Å². The quantitative estimate of drug-likeness (QED) is 0.760. The van der Waals surface area contributed by atoms with Crippen molar-refractivity contribution < 1.29 is 27.9 Å². The number of aliphatic hydroxyl groups excluding tert-OH is 1. The van der Waals surface area contributed by atoms with E-state index in [4.69, 9.17) is 5.11 Å². The van der Waals surface area contributed by atoms with E-state index in [1.807, 2.05) is 0 Å². The Balaban J connectivity index is 0.000000273. The van der Waals surface area contributed by atoms with E-state index in [9.17, 15) is 22.8 Å². The summed E-state index contributed by atoms with van der Waals surface area (Å²) in [5.74, 6) is -1.83. The predicted octanol–water partition coefficient (Wildman–Crippen LogP) is 2.25. The van der Waals surface area contributed by atoms with Crippen molar-refractivity contribution in [3.8, 4) is 0 Å². The zero-order valence-electron chi connectivity index (χ0n) is 14.2. The molecular weight excluding hydrogens is 363 g/mol. The summed E-state index contributed by atoms with van der Waals surface area (Å²) in [7, 11) is 0. The molecule has 0 fully saturated rings. The molecule has 2 aromatic carbocycles. The zero-order chi connectivity index (χ0) is 19.8. The Kier molecular flexibility index (Phi) is 7.18. The summed E-state index contributed by atoms with van der Waals surface area (Å²) in [6.07, 6.45) is 0. The van der Waals surface area contributed by atoms with Crippen LogP contribution < -0.4 is 10.6 Å². The van der Waals surface area contributed by atoms with E-state index in [-0.39, 0.29) is 38.0 Å². The maximum absolute atomic E-state index is 13.1. The molecule has 3 N–H and O–H groups in total. The molecule has 1 aliphatic rings. The summed E-state index contributed by atoms with van der Waals surface area (Å²) in [6, 6.07) is 8.23. The first-order chi connectivity index (χ1) is 12.9. The third-order valence-electron chi connectivity index (χ3n) is 3.51. The Hall–Kier alpha value is -3.07. The Morgan fingerprint density at radius 3 is 2.37 bits per heavy atom. The highest BCUT2D eigenvalue weighted by Gasteiger charge is 2.24. The van der Waals surface area contributed by atoms with E-state index >= 15 is 0 Å². The van der Waals surface area contributed by atoms with E-state index in [0.29, 0.717) is 11.3 Å². The Labute approximate surface area is 153 Å². The number of anilines is 1. The van der Waals surface area contributed by atoms with Gasteiger partial charge in [0, 0.05) is 18.3 Å². The number of amides is 3. The number of aliphatic hydroxyl groups is 1. The number of halogens is 3. The second-order valence-electron chi connectivity index (χ2n) is 5.60. The summed E-state index contributed by atoms with van der Waals surface area (Å²) >= 11 is 0. The standard InChI is InChI=1S/C12H14FN3O3.C6H4F2/c13-9-1-2-10-8(5-9)6-16(12(19)15-10)7-11(18)14-3-4-17;7-5-2-1-3-6(8)4-5/h1-2,5,17H,3-4,6-7H2,(H,14,18)(H,15,19);1-4H. The Morgan fingerprint density at radius 2 is 1.78 bits per heavy atom. The molecule has 3 rings (SSSR count). The van der Waals surface area contributed by atoms with Crippen molar-refractivity contribution in [3.63, 3.8) is 0 Å². The number of urea groups is 1. The smallest absolute Gasteiger partial charge is 0.322 e. The van der Waals surface area contributed by atoms with E-state index in [0.717, 1.165) is 6.07 Å². The number of nitrogens with one attached hydrogen (secondary N) is 2. The molecule has 1 aliphatic heterocycles. The number of hydrogen-bond donors (Lipinski definition) is 3. The Bertz CT molecular complexity index is 800. The molecule has 0 unspecified atom stereocenters. The molecule has 1 heterocycles. The molecule has 9 heteroatoms. The van der Waals surface area contributed by atoms with Crippen molar-refractivity contribution in [2.45, 2.75) is 6.54 Å². The minimum atomic E-state index is -0.537. The van der Waals surface area contributed by atoms with E-state index < -0.39 is 17.7 Å². The summed E-state index contributed by atoms with van der Waals surface area (Å²) in [5, 5.41) is 13.6. The zero-order valence-corrected chi connectivity index (χ0v) is 14.2. The first-order valence-corrected chi connectivity index (χ1v) is 8.02. The van der Waals surface area contributed by atoms with Gasteiger partial charge in [-0.05, 0) is 35.9 Å². The fourth-order valence-electron chi connectivity index (χ4n) is 2.30. The minimum Gasteiger partial charge on any atom is -0.395 e. The average Bonchev–Trinajstić information content (AvgIpc) is 2.61. The van der Waals surface area contributed by atoms with Gasteiger partial charge >= 0.3 is 6.03 Å². The number of carbonyl (C=O) groups is 2. The molecule has 144 valence electrons. The first-order valence-electron chi connectivity index (χ1n) is 8.02. The fraction of sp³-hybridized carbons (Fsp3) is 0.222. The van der Waals surface area contributed by atoms with Crippen LogP contribution in [0.2, 0.25) is 0 Å². The molecule has 0 bridgehead atoms. The van der Waals surface area contributed by atoms with Crippen LogP contribution in [0.15, 0.2) is 42.5 Å². The maximum Gasteiger partial charge on any atom is 0.322 e.